The van der Waals surface area contributed by atoms with Crippen LogP contribution < -0.4 is 0 Å². The maximum absolute atomic E-state index is 2.74. The summed E-state index contributed by atoms with van der Waals surface area (Å²) in [5, 5.41) is 0. The molecule has 0 radical (unpaired) electrons. The first kappa shape index (κ1) is 21.0. The zero-order chi connectivity index (χ0) is 20.1. The Morgan fingerprint density at radius 2 is 1.71 bits per heavy atom. The van der Waals surface area contributed by atoms with Gasteiger partial charge in [0, 0.05) is 0 Å². The van der Waals surface area contributed by atoms with E-state index >= 15 is 0 Å². The Hall–Kier alpha value is -0.260. The fourth-order valence-corrected chi connectivity index (χ4v) is 8.73. The van der Waals surface area contributed by atoms with Gasteiger partial charge < -0.3 is 0 Å². The van der Waals surface area contributed by atoms with Crippen LogP contribution in [-0.4, -0.2) is 0 Å². The molecule has 4 rings (SSSR count). The normalized spacial score (nSPS) is 45.0. The number of fused-ring (bicyclic) bond motifs is 5. The van der Waals surface area contributed by atoms with Crippen molar-refractivity contribution in [3.05, 3.63) is 11.6 Å². The Bertz CT molecular complexity index is 585. The Morgan fingerprint density at radius 3 is 2.46 bits per heavy atom. The number of hydrogen-bond donors (Lipinski definition) is 0. The first-order valence-corrected chi connectivity index (χ1v) is 13.0. The van der Waals surface area contributed by atoms with Gasteiger partial charge in [0.25, 0.3) is 0 Å². The van der Waals surface area contributed by atoms with Gasteiger partial charge >= 0.3 is 0 Å². The summed E-state index contributed by atoms with van der Waals surface area (Å²) in [7, 11) is 0. The van der Waals surface area contributed by atoms with E-state index in [2.05, 4.69) is 47.6 Å². The van der Waals surface area contributed by atoms with Crippen LogP contribution in [0.25, 0.3) is 0 Å². The van der Waals surface area contributed by atoms with Crippen molar-refractivity contribution in [3.63, 3.8) is 0 Å². The molecule has 0 N–H and O–H groups in total. The van der Waals surface area contributed by atoms with Gasteiger partial charge in [-0.2, -0.15) is 0 Å². The Balaban J connectivity index is 1.48. The molecule has 0 heterocycles. The minimum Gasteiger partial charge on any atom is -0.0845 e. The Morgan fingerprint density at radius 1 is 0.929 bits per heavy atom. The third kappa shape index (κ3) is 3.33. The molecule has 0 nitrogen and oxygen atoms in total. The highest BCUT2D eigenvalue weighted by Gasteiger charge is 2.58. The van der Waals surface area contributed by atoms with E-state index < -0.39 is 0 Å². The van der Waals surface area contributed by atoms with Gasteiger partial charge in [0.05, 0.1) is 0 Å². The van der Waals surface area contributed by atoms with Crippen LogP contribution in [0.5, 0.6) is 0 Å². The highest BCUT2D eigenvalue weighted by atomic mass is 14.6. The average molecular weight is 385 g/mol. The zero-order valence-corrected chi connectivity index (χ0v) is 19.9. The number of allylic oxidation sites excluding steroid dienone is 2. The van der Waals surface area contributed by atoms with Gasteiger partial charge in [0.1, 0.15) is 0 Å². The molecule has 0 aromatic carbocycles. The second-order valence-corrected chi connectivity index (χ2v) is 12.5. The van der Waals surface area contributed by atoms with E-state index in [1.807, 2.05) is 5.57 Å². The summed E-state index contributed by atoms with van der Waals surface area (Å²) >= 11 is 0. The van der Waals surface area contributed by atoms with E-state index in [1.165, 1.54) is 70.6 Å². The van der Waals surface area contributed by atoms with Crippen LogP contribution in [0.15, 0.2) is 11.6 Å². The molecule has 3 fully saturated rings. The van der Waals surface area contributed by atoms with Crippen molar-refractivity contribution < 1.29 is 0 Å². The van der Waals surface area contributed by atoms with Crippen molar-refractivity contribution in [2.24, 2.45) is 52.3 Å². The summed E-state index contributed by atoms with van der Waals surface area (Å²) in [5.74, 6) is 6.65. The van der Waals surface area contributed by atoms with Gasteiger partial charge in [-0.15, -0.1) is 0 Å². The van der Waals surface area contributed by atoms with Crippen molar-refractivity contribution in [1.29, 1.82) is 0 Å². The molecule has 0 bridgehead atoms. The minimum absolute atomic E-state index is 0.568. The van der Waals surface area contributed by atoms with Crippen LogP contribution in [0.4, 0.5) is 0 Å². The number of rotatable bonds is 5. The van der Waals surface area contributed by atoms with Crippen molar-refractivity contribution in [3.8, 4) is 0 Å². The second kappa shape index (κ2) is 7.77. The van der Waals surface area contributed by atoms with E-state index in [-0.39, 0.29) is 0 Å². The summed E-state index contributed by atoms with van der Waals surface area (Å²) in [6.45, 7) is 15.3. The molecular weight excluding hydrogens is 336 g/mol. The average Bonchev–Trinajstić information content (AvgIpc) is 3.02. The number of hydrogen-bond acceptors (Lipinski definition) is 0. The van der Waals surface area contributed by atoms with Crippen molar-refractivity contribution in [2.75, 3.05) is 0 Å². The topological polar surface area (TPSA) is 0 Å². The molecular formula is C28H48. The third-order valence-electron chi connectivity index (χ3n) is 11.0. The molecule has 0 unspecified atom stereocenters. The molecule has 0 amide bonds. The Labute approximate surface area is 176 Å². The molecule has 28 heavy (non-hydrogen) atoms. The molecule has 160 valence electrons. The third-order valence-corrected chi connectivity index (χ3v) is 11.0. The standard InChI is InChI=1S/C28H48/c1-19(2)20(3)10-11-21(4)24-14-15-25-23-13-12-22-9-7-8-17-27(22,5)26(23)16-18-28(24,25)6/h12,19-21,23-26H,7-11,13-18H2,1-6H3/t20-,21+,23-,24+,25-,26-,27-,28+/m0/s1. The molecule has 8 atom stereocenters. The lowest BCUT2D eigenvalue weighted by atomic mass is 9.47. The maximum Gasteiger partial charge on any atom is -0.00853 e. The Kier molecular flexibility index (Phi) is 5.83. The predicted molar refractivity (Wildman–Crippen MR) is 122 cm³/mol. The SMILES string of the molecule is CC(C)[C@@H](C)CC[C@@H](C)[C@H]1CC[C@H]2[C@@H]3CC=C4CCCC[C@]4(C)[C@H]3CC[C@]12C. The zero-order valence-electron chi connectivity index (χ0n) is 19.9. The fraction of sp³-hybridized carbons (Fsp3) is 0.929. The predicted octanol–water partition coefficient (Wildman–Crippen LogP) is 8.66. The lowest BCUT2D eigenvalue weighted by molar-refractivity contribution is -0.0502. The highest BCUT2D eigenvalue weighted by molar-refractivity contribution is 5.24. The van der Waals surface area contributed by atoms with E-state index in [4.69, 9.17) is 0 Å². The lowest BCUT2D eigenvalue weighted by Crippen LogP contribution is -2.50. The molecule has 0 aromatic rings. The molecule has 0 saturated heterocycles. The fourth-order valence-electron chi connectivity index (χ4n) is 8.73. The van der Waals surface area contributed by atoms with Crippen LogP contribution >= 0.6 is 0 Å². The molecule has 0 aromatic heterocycles. The first-order valence-electron chi connectivity index (χ1n) is 13.0. The molecule has 4 aliphatic rings. The molecule has 4 aliphatic carbocycles. The van der Waals surface area contributed by atoms with E-state index in [1.54, 1.807) is 0 Å². The second-order valence-electron chi connectivity index (χ2n) is 12.5. The monoisotopic (exact) mass is 384 g/mol. The van der Waals surface area contributed by atoms with Gasteiger partial charge in [-0.3, -0.25) is 0 Å². The van der Waals surface area contributed by atoms with Crippen molar-refractivity contribution in [1.82, 2.24) is 0 Å². The minimum atomic E-state index is 0.568. The van der Waals surface area contributed by atoms with Crippen LogP contribution in [0, 0.1) is 52.3 Å². The molecule has 0 heteroatoms. The largest absolute Gasteiger partial charge is 0.0845 e. The molecule has 0 aliphatic heterocycles. The quantitative estimate of drug-likeness (QED) is 0.416. The van der Waals surface area contributed by atoms with Crippen LogP contribution in [-0.2, 0) is 0 Å². The van der Waals surface area contributed by atoms with Crippen molar-refractivity contribution >= 4 is 0 Å². The molecule has 0 spiro atoms. The smallest absolute Gasteiger partial charge is 0.00853 e. The lowest BCUT2D eigenvalue weighted by Gasteiger charge is -2.58. The molecule has 3 saturated carbocycles. The highest BCUT2D eigenvalue weighted by Crippen LogP contribution is 2.67. The summed E-state index contributed by atoms with van der Waals surface area (Å²) < 4.78 is 0. The van der Waals surface area contributed by atoms with Gasteiger partial charge in [0.2, 0.25) is 0 Å². The summed E-state index contributed by atoms with van der Waals surface area (Å²) in [4.78, 5) is 0. The summed E-state index contributed by atoms with van der Waals surface area (Å²) in [6.07, 6.45) is 19.0. The van der Waals surface area contributed by atoms with Gasteiger partial charge in [-0.1, -0.05) is 72.5 Å². The van der Waals surface area contributed by atoms with E-state index in [0.29, 0.717) is 10.8 Å². The first-order chi connectivity index (χ1) is 13.3. The summed E-state index contributed by atoms with van der Waals surface area (Å²) in [5.41, 5.74) is 3.07. The van der Waals surface area contributed by atoms with Crippen LogP contribution in [0.1, 0.15) is 112 Å². The van der Waals surface area contributed by atoms with Gasteiger partial charge in [-0.25, -0.2) is 0 Å². The van der Waals surface area contributed by atoms with E-state index in [9.17, 15) is 0 Å². The van der Waals surface area contributed by atoms with Crippen LogP contribution in [0.2, 0.25) is 0 Å². The van der Waals surface area contributed by atoms with Crippen LogP contribution in [0.3, 0.4) is 0 Å². The van der Waals surface area contributed by atoms with Gasteiger partial charge in [0.15, 0.2) is 0 Å². The van der Waals surface area contributed by atoms with Gasteiger partial charge in [-0.05, 0) is 104 Å². The summed E-state index contributed by atoms with van der Waals surface area (Å²) in [6, 6.07) is 0. The maximum atomic E-state index is 2.74. The van der Waals surface area contributed by atoms with Crippen molar-refractivity contribution in [2.45, 2.75) is 112 Å². The van der Waals surface area contributed by atoms with E-state index in [0.717, 1.165) is 41.4 Å².